The molecule has 0 spiro atoms. The van der Waals surface area contributed by atoms with Gasteiger partial charge in [0.2, 0.25) is 5.91 Å². The van der Waals surface area contributed by atoms with E-state index in [-0.39, 0.29) is 11.8 Å². The molecule has 6 nitrogen and oxygen atoms in total. The second kappa shape index (κ2) is 11.2. The first kappa shape index (κ1) is 21.6. The van der Waals surface area contributed by atoms with Crippen LogP contribution in [0.1, 0.15) is 42.8 Å². The fourth-order valence-electron chi connectivity index (χ4n) is 3.60. The third kappa shape index (κ3) is 6.44. The minimum absolute atomic E-state index is 0.175. The van der Waals surface area contributed by atoms with Crippen LogP contribution in [0.25, 0.3) is 0 Å². The molecule has 0 saturated heterocycles. The lowest BCUT2D eigenvalue weighted by Gasteiger charge is -2.25. The van der Waals surface area contributed by atoms with Crippen molar-refractivity contribution in [2.45, 2.75) is 45.3 Å². The average Bonchev–Trinajstić information content (AvgIpc) is 3.44. The number of aromatic nitrogens is 1. The highest BCUT2D eigenvalue weighted by Gasteiger charge is 2.27. The summed E-state index contributed by atoms with van der Waals surface area (Å²) in [6.45, 7) is 2.33. The van der Waals surface area contributed by atoms with Gasteiger partial charge in [0, 0.05) is 31.6 Å². The van der Waals surface area contributed by atoms with E-state index in [9.17, 15) is 4.79 Å². The highest BCUT2D eigenvalue weighted by atomic mass is 32.1. The van der Waals surface area contributed by atoms with Gasteiger partial charge in [-0.2, -0.15) is 0 Å². The Hall–Kier alpha value is -2.12. The van der Waals surface area contributed by atoms with Gasteiger partial charge in [0.25, 0.3) is 0 Å². The Balaban J connectivity index is 1.56. The molecule has 1 aromatic carbocycles. The molecule has 2 aromatic rings. The number of ether oxygens (including phenoxy) is 3. The van der Waals surface area contributed by atoms with Crippen molar-refractivity contribution in [2.75, 3.05) is 27.4 Å². The summed E-state index contributed by atoms with van der Waals surface area (Å²) in [7, 11) is 3.33. The molecule has 158 valence electrons. The molecule has 1 saturated carbocycles. The van der Waals surface area contributed by atoms with Crippen molar-refractivity contribution in [3.8, 4) is 11.5 Å². The molecule has 1 aromatic heterocycles. The number of methoxy groups -OCH3 is 2. The molecule has 0 aliphatic heterocycles. The number of hydrogen-bond donors (Lipinski definition) is 0. The van der Waals surface area contributed by atoms with Crippen molar-refractivity contribution < 1.29 is 19.0 Å². The number of rotatable bonds is 11. The molecule has 0 radical (unpaired) electrons. The number of hydrogen-bond acceptors (Lipinski definition) is 6. The Kier molecular flexibility index (Phi) is 8.31. The molecule has 1 heterocycles. The molecule has 7 heteroatoms. The lowest BCUT2D eigenvalue weighted by Crippen LogP contribution is -2.36. The number of thiazole rings is 1. The standard InChI is InChI=1S/C22H30N2O4S/c1-26-13-5-12-24(22(25)17-6-3-4-7-17)14-18-16-29-21(23-18)15-28-20-10-8-19(27-2)9-11-20/h8-11,16-17H,3-7,12-15H2,1-2H3. The van der Waals surface area contributed by atoms with Gasteiger partial charge < -0.3 is 19.1 Å². The van der Waals surface area contributed by atoms with Crippen LogP contribution in [-0.2, 0) is 22.7 Å². The van der Waals surface area contributed by atoms with E-state index in [4.69, 9.17) is 14.2 Å². The van der Waals surface area contributed by atoms with Crippen molar-refractivity contribution in [3.63, 3.8) is 0 Å². The Bertz CT molecular complexity index is 756. The number of nitrogens with zero attached hydrogens (tertiary/aromatic N) is 2. The maximum absolute atomic E-state index is 12.9. The minimum atomic E-state index is 0.175. The third-order valence-corrected chi connectivity index (χ3v) is 6.04. The molecular formula is C22H30N2O4S. The maximum atomic E-state index is 12.9. The molecule has 0 bridgehead atoms. The fourth-order valence-corrected chi connectivity index (χ4v) is 4.29. The fraction of sp³-hybridized carbons (Fsp3) is 0.545. The summed E-state index contributed by atoms with van der Waals surface area (Å²) in [5, 5.41) is 2.93. The van der Waals surface area contributed by atoms with Gasteiger partial charge in [0.05, 0.1) is 19.3 Å². The highest BCUT2D eigenvalue weighted by molar-refractivity contribution is 7.09. The van der Waals surface area contributed by atoms with Crippen LogP contribution in [0.2, 0.25) is 0 Å². The second-order valence-electron chi connectivity index (χ2n) is 7.28. The minimum Gasteiger partial charge on any atom is -0.497 e. The summed E-state index contributed by atoms with van der Waals surface area (Å²) in [6.07, 6.45) is 5.18. The van der Waals surface area contributed by atoms with Gasteiger partial charge in [-0.05, 0) is 43.5 Å². The lowest BCUT2D eigenvalue weighted by atomic mass is 10.1. The third-order valence-electron chi connectivity index (χ3n) is 5.17. The quantitative estimate of drug-likeness (QED) is 0.510. The van der Waals surface area contributed by atoms with Gasteiger partial charge in [-0.1, -0.05) is 12.8 Å². The first-order valence-corrected chi connectivity index (χ1v) is 11.1. The summed E-state index contributed by atoms with van der Waals surface area (Å²) in [5.41, 5.74) is 0.923. The largest absolute Gasteiger partial charge is 0.497 e. The van der Waals surface area contributed by atoms with Gasteiger partial charge in [0.1, 0.15) is 23.1 Å². The zero-order valence-corrected chi connectivity index (χ0v) is 18.1. The van der Waals surface area contributed by atoms with E-state index in [2.05, 4.69) is 4.98 Å². The second-order valence-corrected chi connectivity index (χ2v) is 8.23. The van der Waals surface area contributed by atoms with Crippen molar-refractivity contribution in [3.05, 3.63) is 40.3 Å². The summed E-state index contributed by atoms with van der Waals surface area (Å²) >= 11 is 1.57. The van der Waals surface area contributed by atoms with E-state index in [1.807, 2.05) is 34.5 Å². The highest BCUT2D eigenvalue weighted by Crippen LogP contribution is 2.27. The Morgan fingerprint density at radius 3 is 2.59 bits per heavy atom. The normalized spacial score (nSPS) is 14.1. The van der Waals surface area contributed by atoms with Crippen LogP contribution >= 0.6 is 11.3 Å². The SMILES string of the molecule is COCCCN(Cc1csc(COc2ccc(OC)cc2)n1)C(=O)C1CCCC1. The summed E-state index contributed by atoms with van der Waals surface area (Å²) in [4.78, 5) is 19.6. The van der Waals surface area contributed by atoms with Gasteiger partial charge in [-0.15, -0.1) is 11.3 Å². The number of benzene rings is 1. The molecule has 0 unspecified atom stereocenters. The number of carbonyl (C=O) groups is 1. The number of amides is 1. The van der Waals surface area contributed by atoms with E-state index < -0.39 is 0 Å². The zero-order chi connectivity index (χ0) is 20.5. The van der Waals surface area contributed by atoms with Crippen LogP contribution in [-0.4, -0.2) is 43.2 Å². The topological polar surface area (TPSA) is 60.9 Å². The van der Waals surface area contributed by atoms with Crippen LogP contribution in [0, 0.1) is 5.92 Å². The molecule has 0 atom stereocenters. The van der Waals surface area contributed by atoms with Crippen LogP contribution in [0.4, 0.5) is 0 Å². The van der Waals surface area contributed by atoms with Gasteiger partial charge in [-0.25, -0.2) is 4.98 Å². The Labute approximate surface area is 176 Å². The van der Waals surface area contributed by atoms with Crippen molar-refractivity contribution >= 4 is 17.2 Å². The first-order valence-electron chi connectivity index (χ1n) is 10.2. The monoisotopic (exact) mass is 418 g/mol. The molecule has 0 N–H and O–H groups in total. The van der Waals surface area contributed by atoms with Crippen molar-refractivity contribution in [1.82, 2.24) is 9.88 Å². The van der Waals surface area contributed by atoms with Crippen molar-refractivity contribution in [2.24, 2.45) is 5.92 Å². The molecule has 3 rings (SSSR count). The molecule has 29 heavy (non-hydrogen) atoms. The van der Waals surface area contributed by atoms with Crippen LogP contribution in [0.15, 0.2) is 29.6 Å². The predicted molar refractivity (Wildman–Crippen MR) is 113 cm³/mol. The van der Waals surface area contributed by atoms with E-state index in [0.29, 0.717) is 26.3 Å². The van der Waals surface area contributed by atoms with Gasteiger partial charge in [0.15, 0.2) is 0 Å². The molecule has 1 amide bonds. The maximum Gasteiger partial charge on any atom is 0.226 e. The first-order chi connectivity index (χ1) is 14.2. The summed E-state index contributed by atoms with van der Waals surface area (Å²) in [6, 6.07) is 7.50. The lowest BCUT2D eigenvalue weighted by molar-refractivity contribution is -0.136. The van der Waals surface area contributed by atoms with Crippen LogP contribution in [0.3, 0.4) is 0 Å². The van der Waals surface area contributed by atoms with Crippen molar-refractivity contribution in [1.29, 1.82) is 0 Å². The van der Waals surface area contributed by atoms with E-state index in [1.165, 1.54) is 0 Å². The Morgan fingerprint density at radius 2 is 1.90 bits per heavy atom. The average molecular weight is 419 g/mol. The number of carbonyl (C=O) groups excluding carboxylic acids is 1. The zero-order valence-electron chi connectivity index (χ0n) is 17.3. The molecule has 1 aliphatic carbocycles. The summed E-state index contributed by atoms with van der Waals surface area (Å²) < 4.78 is 16.1. The smallest absolute Gasteiger partial charge is 0.226 e. The van der Waals surface area contributed by atoms with E-state index in [0.717, 1.165) is 54.3 Å². The molecule has 1 fully saturated rings. The molecule has 1 aliphatic rings. The Morgan fingerprint density at radius 1 is 1.17 bits per heavy atom. The van der Waals surface area contributed by atoms with Gasteiger partial charge in [-0.3, -0.25) is 4.79 Å². The summed E-state index contributed by atoms with van der Waals surface area (Å²) in [5.74, 6) is 2.02. The van der Waals surface area contributed by atoms with Gasteiger partial charge >= 0.3 is 0 Å². The predicted octanol–water partition coefficient (Wildman–Crippen LogP) is 4.29. The van der Waals surface area contributed by atoms with Crippen LogP contribution < -0.4 is 9.47 Å². The van der Waals surface area contributed by atoms with E-state index >= 15 is 0 Å². The van der Waals surface area contributed by atoms with E-state index in [1.54, 1.807) is 25.6 Å². The van der Waals surface area contributed by atoms with Crippen LogP contribution in [0.5, 0.6) is 11.5 Å². The molecular weight excluding hydrogens is 388 g/mol.